The molecule has 1 heteroatoms. The summed E-state index contributed by atoms with van der Waals surface area (Å²) in [5, 5.41) is 0. The van der Waals surface area contributed by atoms with Crippen LogP contribution in [0.3, 0.4) is 0 Å². The fourth-order valence-corrected chi connectivity index (χ4v) is 0.869. The monoisotopic (exact) mass is 114 g/mol. The molecule has 0 N–H and O–H groups in total. The van der Waals surface area contributed by atoms with Gasteiger partial charge in [0.25, 0.3) is 0 Å². The van der Waals surface area contributed by atoms with E-state index in [1.54, 1.807) is 0 Å². The van der Waals surface area contributed by atoms with E-state index < -0.39 is 0 Å². The zero-order valence-corrected chi connectivity index (χ0v) is 5.90. The quantitative estimate of drug-likeness (QED) is 0.474. The molecule has 0 aromatic carbocycles. The van der Waals surface area contributed by atoms with Crippen LogP contribution in [0.15, 0.2) is 0 Å². The molecule has 1 saturated heterocycles. The molecule has 0 bridgehead atoms. The van der Waals surface area contributed by atoms with Crippen LogP contribution in [0, 0.1) is 5.41 Å². The van der Waals surface area contributed by atoms with Crippen molar-refractivity contribution >= 4 is 0 Å². The summed E-state index contributed by atoms with van der Waals surface area (Å²) in [5.41, 5.74) is 0.459. The van der Waals surface area contributed by atoms with E-state index in [1.807, 2.05) is 0 Å². The third-order valence-electron chi connectivity index (χ3n) is 1.24. The van der Waals surface area contributed by atoms with E-state index in [4.69, 9.17) is 4.74 Å². The maximum atomic E-state index is 5.08. The highest BCUT2D eigenvalue weighted by molar-refractivity contribution is 4.76. The van der Waals surface area contributed by atoms with Gasteiger partial charge in [0.2, 0.25) is 0 Å². The predicted molar refractivity (Wildman–Crippen MR) is 33.8 cm³/mol. The highest BCUT2D eigenvalue weighted by atomic mass is 16.6. The fraction of sp³-hybridized carbons (Fsp3) is 1.00. The van der Waals surface area contributed by atoms with Crippen molar-refractivity contribution in [3.05, 3.63) is 0 Å². The minimum atomic E-state index is 0.459. The van der Waals surface area contributed by atoms with Crippen LogP contribution in [-0.2, 0) is 4.74 Å². The van der Waals surface area contributed by atoms with Crippen LogP contribution < -0.4 is 0 Å². The van der Waals surface area contributed by atoms with Gasteiger partial charge in [-0.1, -0.05) is 20.8 Å². The van der Waals surface area contributed by atoms with Crippen LogP contribution in [0.2, 0.25) is 0 Å². The van der Waals surface area contributed by atoms with Gasteiger partial charge in [0.15, 0.2) is 0 Å². The van der Waals surface area contributed by atoms with Crippen molar-refractivity contribution in [2.24, 2.45) is 5.41 Å². The van der Waals surface area contributed by atoms with E-state index in [0.29, 0.717) is 11.5 Å². The Kier molecular flexibility index (Phi) is 1.31. The van der Waals surface area contributed by atoms with Gasteiger partial charge in [-0.05, 0) is 11.8 Å². The molecule has 0 aromatic heterocycles. The first kappa shape index (κ1) is 6.09. The molecule has 1 atom stereocenters. The molecule has 0 aromatic rings. The highest BCUT2D eigenvalue weighted by Gasteiger charge is 2.27. The summed E-state index contributed by atoms with van der Waals surface area (Å²) >= 11 is 0. The zero-order valence-electron chi connectivity index (χ0n) is 5.90. The third kappa shape index (κ3) is 2.31. The van der Waals surface area contributed by atoms with Gasteiger partial charge in [-0.3, -0.25) is 0 Å². The lowest BCUT2D eigenvalue weighted by molar-refractivity contribution is 0.300. The standard InChI is InChI=1S/C7H14O/c1-7(2,3)4-6-5-8-6/h6H,4-5H2,1-3H3/t6-/m0/s1. The van der Waals surface area contributed by atoms with E-state index >= 15 is 0 Å². The fourth-order valence-electron chi connectivity index (χ4n) is 0.869. The predicted octanol–water partition coefficient (Wildman–Crippen LogP) is 1.82. The van der Waals surface area contributed by atoms with Gasteiger partial charge in [-0.25, -0.2) is 0 Å². The second-order valence-electron chi connectivity index (χ2n) is 3.72. The van der Waals surface area contributed by atoms with Gasteiger partial charge in [0.1, 0.15) is 0 Å². The Morgan fingerprint density at radius 3 is 2.12 bits per heavy atom. The summed E-state index contributed by atoms with van der Waals surface area (Å²) in [6.07, 6.45) is 1.81. The maximum absolute atomic E-state index is 5.08. The summed E-state index contributed by atoms with van der Waals surface area (Å²) in [7, 11) is 0. The Balaban J connectivity index is 2.16. The number of hydrogen-bond donors (Lipinski definition) is 0. The van der Waals surface area contributed by atoms with E-state index in [-0.39, 0.29) is 0 Å². The number of ether oxygens (including phenoxy) is 1. The molecule has 0 spiro atoms. The van der Waals surface area contributed by atoms with E-state index in [9.17, 15) is 0 Å². The van der Waals surface area contributed by atoms with Crippen molar-refractivity contribution in [3.63, 3.8) is 0 Å². The molecule has 1 rings (SSSR count). The number of epoxide rings is 1. The molecule has 1 aliphatic rings. The summed E-state index contributed by atoms with van der Waals surface area (Å²) in [6, 6.07) is 0. The lowest BCUT2D eigenvalue weighted by Gasteiger charge is -2.15. The van der Waals surface area contributed by atoms with Gasteiger partial charge in [-0.2, -0.15) is 0 Å². The minimum Gasteiger partial charge on any atom is -0.373 e. The highest BCUT2D eigenvalue weighted by Crippen LogP contribution is 2.27. The van der Waals surface area contributed by atoms with Crippen LogP contribution >= 0.6 is 0 Å². The molecule has 48 valence electrons. The topological polar surface area (TPSA) is 12.5 Å². The molecule has 1 nitrogen and oxygen atoms in total. The lowest BCUT2D eigenvalue weighted by Crippen LogP contribution is -2.07. The van der Waals surface area contributed by atoms with Crippen LogP contribution in [0.25, 0.3) is 0 Å². The molecule has 8 heavy (non-hydrogen) atoms. The molecule has 1 aliphatic heterocycles. The van der Waals surface area contributed by atoms with Crippen LogP contribution in [0.4, 0.5) is 0 Å². The average molecular weight is 114 g/mol. The molecule has 0 unspecified atom stereocenters. The maximum Gasteiger partial charge on any atom is 0.0814 e. The number of hydrogen-bond acceptors (Lipinski definition) is 1. The molecule has 1 fully saturated rings. The normalized spacial score (nSPS) is 28.1. The third-order valence-corrected chi connectivity index (χ3v) is 1.24. The van der Waals surface area contributed by atoms with Gasteiger partial charge in [0.05, 0.1) is 12.7 Å². The largest absolute Gasteiger partial charge is 0.373 e. The second kappa shape index (κ2) is 1.73. The van der Waals surface area contributed by atoms with Crippen LogP contribution in [0.5, 0.6) is 0 Å². The molecule has 0 radical (unpaired) electrons. The molecule has 0 amide bonds. The van der Waals surface area contributed by atoms with Crippen LogP contribution in [0.1, 0.15) is 27.2 Å². The van der Waals surface area contributed by atoms with Crippen molar-refractivity contribution in [1.82, 2.24) is 0 Å². The van der Waals surface area contributed by atoms with E-state index in [1.165, 1.54) is 6.42 Å². The van der Waals surface area contributed by atoms with Crippen molar-refractivity contribution in [3.8, 4) is 0 Å². The summed E-state index contributed by atoms with van der Waals surface area (Å²) in [6.45, 7) is 7.73. The van der Waals surface area contributed by atoms with Crippen molar-refractivity contribution < 1.29 is 4.74 Å². The van der Waals surface area contributed by atoms with Gasteiger partial charge in [-0.15, -0.1) is 0 Å². The first-order valence-corrected chi connectivity index (χ1v) is 3.19. The smallest absolute Gasteiger partial charge is 0.0814 e. The summed E-state index contributed by atoms with van der Waals surface area (Å²) < 4.78 is 5.08. The Labute approximate surface area is 51.0 Å². The first-order valence-electron chi connectivity index (χ1n) is 3.19. The molecular formula is C7H14O. The van der Waals surface area contributed by atoms with Crippen molar-refractivity contribution in [2.45, 2.75) is 33.3 Å². The van der Waals surface area contributed by atoms with E-state index in [0.717, 1.165) is 6.61 Å². The Hall–Kier alpha value is -0.0400. The van der Waals surface area contributed by atoms with Gasteiger partial charge in [0, 0.05) is 0 Å². The summed E-state index contributed by atoms with van der Waals surface area (Å²) in [5.74, 6) is 0. The van der Waals surface area contributed by atoms with Gasteiger partial charge >= 0.3 is 0 Å². The first-order chi connectivity index (χ1) is 3.58. The van der Waals surface area contributed by atoms with Gasteiger partial charge < -0.3 is 4.74 Å². The molecule has 1 heterocycles. The van der Waals surface area contributed by atoms with Crippen molar-refractivity contribution in [2.75, 3.05) is 6.61 Å². The Morgan fingerprint density at radius 2 is 2.00 bits per heavy atom. The van der Waals surface area contributed by atoms with E-state index in [2.05, 4.69) is 20.8 Å². The van der Waals surface area contributed by atoms with Crippen molar-refractivity contribution in [1.29, 1.82) is 0 Å². The second-order valence-corrected chi connectivity index (χ2v) is 3.72. The zero-order chi connectivity index (χ0) is 6.20. The average Bonchev–Trinajstić information content (AvgIpc) is 2.12. The van der Waals surface area contributed by atoms with Crippen LogP contribution in [-0.4, -0.2) is 12.7 Å². The minimum absolute atomic E-state index is 0.459. The lowest BCUT2D eigenvalue weighted by atomic mass is 9.91. The Morgan fingerprint density at radius 1 is 1.50 bits per heavy atom. The number of rotatable bonds is 1. The molecule has 0 saturated carbocycles. The Bertz CT molecular complexity index is 76.9. The molecule has 0 aliphatic carbocycles. The molecular weight excluding hydrogens is 100 g/mol. The SMILES string of the molecule is CC(C)(C)C[C@H]1CO1. The summed E-state index contributed by atoms with van der Waals surface area (Å²) in [4.78, 5) is 0.